The van der Waals surface area contributed by atoms with E-state index in [1.54, 1.807) is 12.1 Å². The number of nitrogens with zero attached hydrogens (tertiary/aromatic N) is 1. The fourth-order valence-corrected chi connectivity index (χ4v) is 2.19. The van der Waals surface area contributed by atoms with Crippen LogP contribution in [0.1, 0.15) is 0 Å². The maximum absolute atomic E-state index is 11.6. The van der Waals surface area contributed by atoms with Crippen LogP contribution in [0.15, 0.2) is 32.3 Å². The molecule has 0 saturated carbocycles. The standard InChI is InChI=1S/C11H8BrN5O2/c12-4-1-2-5(6(13)3-4)8-14-7-9(15-8)16-11(19)17-10(7)18/h1-3H,13H2,(H3,14,15,16,17,18,19). The molecule has 0 aliphatic heterocycles. The Morgan fingerprint density at radius 2 is 1.95 bits per heavy atom. The molecule has 0 unspecified atom stereocenters. The first kappa shape index (κ1) is 11.7. The second-order valence-corrected chi connectivity index (χ2v) is 4.86. The number of hydrogen-bond donors (Lipinski definition) is 4. The number of benzene rings is 1. The molecule has 0 aliphatic carbocycles. The summed E-state index contributed by atoms with van der Waals surface area (Å²) in [6.45, 7) is 0. The van der Waals surface area contributed by atoms with E-state index in [1.807, 2.05) is 6.07 Å². The van der Waals surface area contributed by atoms with Crippen molar-refractivity contribution in [1.29, 1.82) is 0 Å². The first-order chi connectivity index (χ1) is 9.04. The van der Waals surface area contributed by atoms with E-state index in [-0.39, 0.29) is 11.2 Å². The summed E-state index contributed by atoms with van der Waals surface area (Å²) in [5.41, 5.74) is 6.34. The number of imidazole rings is 1. The molecule has 0 fully saturated rings. The van der Waals surface area contributed by atoms with Gasteiger partial charge in [0, 0.05) is 15.7 Å². The molecule has 3 rings (SSSR count). The van der Waals surface area contributed by atoms with E-state index in [0.29, 0.717) is 17.1 Å². The molecule has 3 aromatic rings. The Morgan fingerprint density at radius 1 is 1.16 bits per heavy atom. The van der Waals surface area contributed by atoms with Crippen molar-refractivity contribution in [2.24, 2.45) is 0 Å². The van der Waals surface area contributed by atoms with Crippen LogP contribution in [0.3, 0.4) is 0 Å². The third kappa shape index (κ3) is 1.95. The largest absolute Gasteiger partial charge is 0.398 e. The van der Waals surface area contributed by atoms with E-state index in [4.69, 9.17) is 5.73 Å². The van der Waals surface area contributed by atoms with Gasteiger partial charge in [0.25, 0.3) is 5.56 Å². The number of aromatic nitrogens is 4. The van der Waals surface area contributed by atoms with Crippen LogP contribution in [0.25, 0.3) is 22.6 Å². The molecule has 0 spiro atoms. The van der Waals surface area contributed by atoms with Crippen molar-refractivity contribution < 1.29 is 0 Å². The number of nitrogens with two attached hydrogens (primary N) is 1. The predicted molar refractivity (Wildman–Crippen MR) is 74.9 cm³/mol. The number of hydrogen-bond acceptors (Lipinski definition) is 4. The van der Waals surface area contributed by atoms with Gasteiger partial charge in [0.05, 0.1) is 0 Å². The van der Waals surface area contributed by atoms with Gasteiger partial charge in [-0.3, -0.25) is 14.8 Å². The number of nitrogen functional groups attached to an aromatic ring is 1. The molecule has 19 heavy (non-hydrogen) atoms. The third-order valence-electron chi connectivity index (χ3n) is 2.66. The molecule has 96 valence electrons. The van der Waals surface area contributed by atoms with E-state index in [9.17, 15) is 9.59 Å². The zero-order valence-corrected chi connectivity index (χ0v) is 11.0. The zero-order valence-electron chi connectivity index (χ0n) is 9.45. The fourth-order valence-electron chi connectivity index (χ4n) is 1.81. The smallest absolute Gasteiger partial charge is 0.327 e. The molecule has 8 heteroatoms. The van der Waals surface area contributed by atoms with Crippen LogP contribution in [-0.2, 0) is 0 Å². The van der Waals surface area contributed by atoms with Crippen LogP contribution >= 0.6 is 15.9 Å². The highest BCUT2D eigenvalue weighted by Crippen LogP contribution is 2.26. The number of fused-ring (bicyclic) bond motifs is 1. The van der Waals surface area contributed by atoms with E-state index in [2.05, 4.69) is 35.9 Å². The molecule has 7 nitrogen and oxygen atoms in total. The molecule has 2 aromatic heterocycles. The van der Waals surface area contributed by atoms with Crippen molar-refractivity contribution in [1.82, 2.24) is 19.9 Å². The van der Waals surface area contributed by atoms with E-state index >= 15 is 0 Å². The minimum Gasteiger partial charge on any atom is -0.398 e. The summed E-state index contributed by atoms with van der Waals surface area (Å²) in [4.78, 5) is 34.4. The summed E-state index contributed by atoms with van der Waals surface area (Å²) in [6.07, 6.45) is 0. The van der Waals surface area contributed by atoms with Gasteiger partial charge in [0.1, 0.15) is 11.3 Å². The average Bonchev–Trinajstić information content (AvgIpc) is 2.72. The van der Waals surface area contributed by atoms with Gasteiger partial charge in [-0.25, -0.2) is 9.78 Å². The van der Waals surface area contributed by atoms with Crippen molar-refractivity contribution in [3.8, 4) is 11.4 Å². The number of anilines is 1. The number of aromatic amines is 3. The minimum absolute atomic E-state index is 0.200. The van der Waals surface area contributed by atoms with Crippen molar-refractivity contribution in [3.05, 3.63) is 43.5 Å². The number of rotatable bonds is 1. The Morgan fingerprint density at radius 3 is 2.68 bits per heavy atom. The van der Waals surface area contributed by atoms with Crippen LogP contribution in [0.4, 0.5) is 5.69 Å². The molecule has 0 radical (unpaired) electrons. The van der Waals surface area contributed by atoms with Crippen LogP contribution < -0.4 is 17.0 Å². The van der Waals surface area contributed by atoms with Gasteiger partial charge in [0.15, 0.2) is 5.65 Å². The topological polar surface area (TPSA) is 120 Å². The summed E-state index contributed by atoms with van der Waals surface area (Å²) in [5, 5.41) is 0. The number of halogens is 1. The van der Waals surface area contributed by atoms with Gasteiger partial charge >= 0.3 is 5.69 Å². The third-order valence-corrected chi connectivity index (χ3v) is 3.15. The van der Waals surface area contributed by atoms with Crippen molar-refractivity contribution in [2.75, 3.05) is 5.73 Å². The molecule has 0 bridgehead atoms. The van der Waals surface area contributed by atoms with E-state index in [0.717, 1.165) is 4.47 Å². The second-order valence-electron chi connectivity index (χ2n) is 3.95. The Bertz CT molecular complexity index is 892. The lowest BCUT2D eigenvalue weighted by molar-refractivity contribution is 1.07. The summed E-state index contributed by atoms with van der Waals surface area (Å²) < 4.78 is 0.844. The highest BCUT2D eigenvalue weighted by molar-refractivity contribution is 9.10. The maximum Gasteiger partial charge on any atom is 0.327 e. The van der Waals surface area contributed by atoms with Gasteiger partial charge in [-0.2, -0.15) is 0 Å². The molecular formula is C11H8BrN5O2. The maximum atomic E-state index is 11.6. The Balaban J connectivity index is 2.29. The lowest BCUT2D eigenvalue weighted by Crippen LogP contribution is -2.21. The van der Waals surface area contributed by atoms with Gasteiger partial charge in [-0.1, -0.05) is 15.9 Å². The van der Waals surface area contributed by atoms with Gasteiger partial charge in [-0.15, -0.1) is 0 Å². The van der Waals surface area contributed by atoms with Crippen molar-refractivity contribution in [2.45, 2.75) is 0 Å². The monoisotopic (exact) mass is 321 g/mol. The van der Waals surface area contributed by atoms with Gasteiger partial charge in [-0.05, 0) is 18.2 Å². The molecule has 0 aliphatic rings. The SMILES string of the molecule is Nc1cc(Br)ccc1-c1nc2[nH]c(=O)[nH]c(=O)c2[nH]1. The Hall–Kier alpha value is -2.35. The number of nitrogens with one attached hydrogen (secondary N) is 3. The quantitative estimate of drug-likeness (QED) is 0.498. The summed E-state index contributed by atoms with van der Waals surface area (Å²) in [5.74, 6) is 0.423. The predicted octanol–water partition coefficient (Wildman–Crippen LogP) is 0.951. The molecule has 0 amide bonds. The van der Waals surface area contributed by atoms with Crippen LogP contribution in [0.2, 0.25) is 0 Å². The summed E-state index contributed by atoms with van der Waals surface area (Å²) >= 11 is 3.31. The van der Waals surface area contributed by atoms with Crippen molar-refractivity contribution in [3.63, 3.8) is 0 Å². The first-order valence-corrected chi connectivity index (χ1v) is 6.11. The Labute approximate surface area is 114 Å². The lowest BCUT2D eigenvalue weighted by atomic mass is 10.2. The van der Waals surface area contributed by atoms with Crippen LogP contribution in [-0.4, -0.2) is 19.9 Å². The van der Waals surface area contributed by atoms with Gasteiger partial charge < -0.3 is 10.7 Å². The zero-order chi connectivity index (χ0) is 13.6. The molecule has 2 heterocycles. The van der Waals surface area contributed by atoms with E-state index in [1.165, 1.54) is 0 Å². The number of H-pyrrole nitrogens is 3. The summed E-state index contributed by atoms with van der Waals surface area (Å²) in [7, 11) is 0. The first-order valence-electron chi connectivity index (χ1n) is 5.32. The summed E-state index contributed by atoms with van der Waals surface area (Å²) in [6, 6.07) is 5.31. The van der Waals surface area contributed by atoms with Crippen molar-refractivity contribution >= 4 is 32.8 Å². The molecule has 0 saturated heterocycles. The average molecular weight is 322 g/mol. The second kappa shape index (κ2) is 4.09. The lowest BCUT2D eigenvalue weighted by Gasteiger charge is -2.02. The minimum atomic E-state index is -0.598. The molecule has 1 aromatic carbocycles. The highest BCUT2D eigenvalue weighted by Gasteiger charge is 2.11. The highest BCUT2D eigenvalue weighted by atomic mass is 79.9. The molecule has 0 atom stereocenters. The fraction of sp³-hybridized carbons (Fsp3) is 0. The Kier molecular flexibility index (Phi) is 2.53. The van der Waals surface area contributed by atoms with Crippen LogP contribution in [0, 0.1) is 0 Å². The normalized spacial score (nSPS) is 11.0. The molecular weight excluding hydrogens is 314 g/mol. The molecule has 5 N–H and O–H groups in total. The van der Waals surface area contributed by atoms with Gasteiger partial charge in [0.2, 0.25) is 0 Å². The van der Waals surface area contributed by atoms with Crippen LogP contribution in [0.5, 0.6) is 0 Å². The van der Waals surface area contributed by atoms with E-state index < -0.39 is 11.2 Å².